The van der Waals surface area contributed by atoms with E-state index in [0.29, 0.717) is 28.6 Å². The molecule has 0 spiro atoms. The highest BCUT2D eigenvalue weighted by Gasteiger charge is 2.36. The quantitative estimate of drug-likeness (QED) is 0.484. The Hall–Kier alpha value is -3.59. The van der Waals surface area contributed by atoms with Crippen LogP contribution in [0.3, 0.4) is 0 Å². The molecular weight excluding hydrogens is 438 g/mol. The van der Waals surface area contributed by atoms with Crippen LogP contribution >= 0.6 is 11.6 Å². The molecule has 10 heteroatoms. The summed E-state index contributed by atoms with van der Waals surface area (Å²) in [7, 11) is 0. The summed E-state index contributed by atoms with van der Waals surface area (Å²) in [5.74, 6) is -2.14. The zero-order chi connectivity index (χ0) is 23.1. The van der Waals surface area contributed by atoms with Gasteiger partial charge in [-0.3, -0.25) is 30.0 Å². The van der Waals surface area contributed by atoms with E-state index in [0.717, 1.165) is 0 Å². The molecule has 0 aromatic heterocycles. The van der Waals surface area contributed by atoms with Gasteiger partial charge in [-0.2, -0.15) is 0 Å². The Balaban J connectivity index is 1.44. The van der Waals surface area contributed by atoms with Crippen LogP contribution in [0.25, 0.3) is 0 Å². The van der Waals surface area contributed by atoms with Crippen LogP contribution in [0.1, 0.15) is 23.7 Å². The maximum atomic E-state index is 12.3. The predicted molar refractivity (Wildman–Crippen MR) is 116 cm³/mol. The number of nitrogens with one attached hydrogen (secondary N) is 2. The number of esters is 1. The van der Waals surface area contributed by atoms with Crippen molar-refractivity contribution in [3.8, 4) is 5.75 Å². The van der Waals surface area contributed by atoms with Gasteiger partial charge in [0, 0.05) is 29.2 Å². The van der Waals surface area contributed by atoms with Crippen molar-refractivity contribution in [1.29, 1.82) is 0 Å². The summed E-state index contributed by atoms with van der Waals surface area (Å²) in [6.07, 6.45) is -0.0129. The van der Waals surface area contributed by atoms with Gasteiger partial charge in [-0.1, -0.05) is 11.6 Å². The molecule has 3 amide bonds. The molecule has 0 radical (unpaired) electrons. The zero-order valence-corrected chi connectivity index (χ0v) is 18.1. The minimum absolute atomic E-state index is 0.0129. The van der Waals surface area contributed by atoms with Crippen LogP contribution in [-0.4, -0.2) is 43.4 Å². The zero-order valence-electron chi connectivity index (χ0n) is 17.3. The molecule has 0 unspecified atom stereocenters. The number of anilines is 1. The fourth-order valence-electron chi connectivity index (χ4n) is 3.09. The predicted octanol–water partition coefficient (Wildman–Crippen LogP) is 2.10. The van der Waals surface area contributed by atoms with Crippen LogP contribution in [0.4, 0.5) is 5.69 Å². The molecule has 168 valence electrons. The Morgan fingerprint density at radius 2 is 1.75 bits per heavy atom. The van der Waals surface area contributed by atoms with E-state index in [1.54, 1.807) is 36.4 Å². The van der Waals surface area contributed by atoms with Crippen LogP contribution in [0.2, 0.25) is 5.02 Å². The van der Waals surface area contributed by atoms with E-state index in [2.05, 4.69) is 10.9 Å². The van der Waals surface area contributed by atoms with Gasteiger partial charge in [-0.25, -0.2) is 0 Å². The Morgan fingerprint density at radius 1 is 1.06 bits per heavy atom. The number of ether oxygens (including phenoxy) is 2. The molecule has 0 aliphatic carbocycles. The number of carbonyl (C=O) groups excluding carboxylic acids is 4. The summed E-state index contributed by atoms with van der Waals surface area (Å²) < 4.78 is 10.4. The highest BCUT2D eigenvalue weighted by Crippen LogP contribution is 2.27. The van der Waals surface area contributed by atoms with Gasteiger partial charge in [0.2, 0.25) is 5.91 Å². The lowest BCUT2D eigenvalue weighted by atomic mass is 10.1. The van der Waals surface area contributed by atoms with Crippen molar-refractivity contribution >= 4 is 41.0 Å². The first-order chi connectivity index (χ1) is 15.4. The third-order valence-electron chi connectivity index (χ3n) is 4.69. The van der Waals surface area contributed by atoms with Crippen molar-refractivity contribution < 1.29 is 28.7 Å². The lowest BCUT2D eigenvalue weighted by molar-refractivity contribution is -0.152. The average molecular weight is 460 g/mol. The van der Waals surface area contributed by atoms with Crippen LogP contribution < -0.4 is 20.5 Å². The van der Waals surface area contributed by atoms with E-state index < -0.39 is 30.3 Å². The van der Waals surface area contributed by atoms with Gasteiger partial charge in [0.15, 0.2) is 6.61 Å². The van der Waals surface area contributed by atoms with Crippen molar-refractivity contribution in [3.63, 3.8) is 0 Å². The monoisotopic (exact) mass is 459 g/mol. The standard InChI is InChI=1S/C22H22ClN3O6/c1-2-31-18-9-7-17(8-10-18)26-12-15(11-20(26)28)22(30)32-13-19(27)24-25-21(29)14-3-5-16(23)6-4-14/h3-10,15H,2,11-13H2,1H3,(H,24,27)(H,25,29)/t15-/m1/s1. The fraction of sp³-hybridized carbons (Fsp3) is 0.273. The number of halogens is 1. The average Bonchev–Trinajstić information content (AvgIpc) is 3.18. The molecule has 0 bridgehead atoms. The second kappa shape index (κ2) is 10.6. The summed E-state index contributed by atoms with van der Waals surface area (Å²) in [5.41, 5.74) is 5.32. The topological polar surface area (TPSA) is 114 Å². The van der Waals surface area contributed by atoms with Gasteiger partial charge < -0.3 is 14.4 Å². The number of benzene rings is 2. The molecule has 1 aliphatic rings. The normalized spacial score (nSPS) is 15.2. The maximum absolute atomic E-state index is 12.3. The molecule has 2 aromatic carbocycles. The largest absolute Gasteiger partial charge is 0.494 e. The lowest BCUT2D eigenvalue weighted by Gasteiger charge is -2.17. The summed E-state index contributed by atoms with van der Waals surface area (Å²) in [6, 6.07) is 13.1. The Morgan fingerprint density at radius 3 is 2.41 bits per heavy atom. The number of nitrogens with zero attached hydrogens (tertiary/aromatic N) is 1. The maximum Gasteiger partial charge on any atom is 0.311 e. The molecule has 0 saturated carbocycles. The van der Waals surface area contributed by atoms with E-state index in [-0.39, 0.29) is 18.9 Å². The number of rotatable bonds is 7. The molecule has 2 N–H and O–H groups in total. The van der Waals surface area contributed by atoms with Crippen molar-refractivity contribution in [2.75, 3.05) is 24.7 Å². The molecule has 1 atom stereocenters. The van der Waals surface area contributed by atoms with Gasteiger partial charge in [0.1, 0.15) is 5.75 Å². The van der Waals surface area contributed by atoms with Crippen LogP contribution in [0.15, 0.2) is 48.5 Å². The highest BCUT2D eigenvalue weighted by molar-refractivity contribution is 6.30. The Kier molecular flexibility index (Phi) is 7.67. The SMILES string of the molecule is CCOc1ccc(N2C[C@H](C(=O)OCC(=O)NNC(=O)c3ccc(Cl)cc3)CC2=O)cc1. The van der Waals surface area contributed by atoms with Gasteiger partial charge in [0.05, 0.1) is 12.5 Å². The third-order valence-corrected chi connectivity index (χ3v) is 4.94. The van der Waals surface area contributed by atoms with E-state index in [4.69, 9.17) is 21.1 Å². The minimum atomic E-state index is -0.714. The Bertz CT molecular complexity index is 994. The van der Waals surface area contributed by atoms with Gasteiger partial charge in [-0.15, -0.1) is 0 Å². The van der Waals surface area contributed by atoms with E-state index in [9.17, 15) is 19.2 Å². The van der Waals surface area contributed by atoms with Gasteiger partial charge in [0.25, 0.3) is 11.8 Å². The lowest BCUT2D eigenvalue weighted by Crippen LogP contribution is -2.43. The first-order valence-electron chi connectivity index (χ1n) is 9.92. The number of hydrogen-bond acceptors (Lipinski definition) is 6. The number of hydrazine groups is 1. The molecule has 32 heavy (non-hydrogen) atoms. The van der Waals surface area contributed by atoms with E-state index in [1.807, 2.05) is 6.92 Å². The summed E-state index contributed by atoms with van der Waals surface area (Å²) in [4.78, 5) is 49.9. The first-order valence-corrected chi connectivity index (χ1v) is 10.3. The molecule has 9 nitrogen and oxygen atoms in total. The molecule has 1 heterocycles. The molecule has 1 fully saturated rings. The second-order valence-electron chi connectivity index (χ2n) is 6.95. The van der Waals surface area contributed by atoms with Gasteiger partial charge >= 0.3 is 5.97 Å². The highest BCUT2D eigenvalue weighted by atomic mass is 35.5. The van der Waals surface area contributed by atoms with Crippen molar-refractivity contribution in [1.82, 2.24) is 10.9 Å². The van der Waals surface area contributed by atoms with Crippen molar-refractivity contribution in [3.05, 3.63) is 59.1 Å². The fourth-order valence-corrected chi connectivity index (χ4v) is 3.22. The summed E-state index contributed by atoms with van der Waals surface area (Å²) >= 11 is 5.76. The molecule has 2 aromatic rings. The van der Waals surface area contributed by atoms with E-state index >= 15 is 0 Å². The van der Waals surface area contributed by atoms with Crippen LogP contribution in [0.5, 0.6) is 5.75 Å². The van der Waals surface area contributed by atoms with Crippen molar-refractivity contribution in [2.45, 2.75) is 13.3 Å². The third kappa shape index (κ3) is 5.98. The first kappa shape index (κ1) is 23.1. The summed E-state index contributed by atoms with van der Waals surface area (Å²) in [6.45, 7) is 1.98. The van der Waals surface area contributed by atoms with Crippen LogP contribution in [0, 0.1) is 5.92 Å². The smallest absolute Gasteiger partial charge is 0.311 e. The number of hydrogen-bond donors (Lipinski definition) is 2. The summed E-state index contributed by atoms with van der Waals surface area (Å²) in [5, 5.41) is 0.476. The number of carbonyl (C=O) groups is 4. The van der Waals surface area contributed by atoms with Crippen molar-refractivity contribution in [2.24, 2.45) is 5.92 Å². The minimum Gasteiger partial charge on any atom is -0.494 e. The molecule has 1 saturated heterocycles. The molecular formula is C22H22ClN3O6. The Labute approximate surface area is 189 Å². The van der Waals surface area contributed by atoms with E-state index in [1.165, 1.54) is 17.0 Å². The van der Waals surface area contributed by atoms with Gasteiger partial charge in [-0.05, 0) is 55.5 Å². The number of amides is 3. The van der Waals surface area contributed by atoms with Crippen LogP contribution in [-0.2, 0) is 19.1 Å². The molecule has 3 rings (SSSR count). The second-order valence-corrected chi connectivity index (χ2v) is 7.39. The molecule has 1 aliphatic heterocycles.